The van der Waals surface area contributed by atoms with E-state index in [0.29, 0.717) is 51.0 Å². The largest absolute Gasteiger partial charge is 0.369 e. The first-order valence-corrected chi connectivity index (χ1v) is 10.7. The molecule has 1 aromatic rings. The number of aromatic nitrogens is 2. The van der Waals surface area contributed by atoms with Crippen LogP contribution in [0.3, 0.4) is 0 Å². The van der Waals surface area contributed by atoms with Gasteiger partial charge >= 0.3 is 0 Å². The van der Waals surface area contributed by atoms with E-state index in [0.717, 1.165) is 0 Å². The highest BCUT2D eigenvalue weighted by Gasteiger charge is 2.37. The fourth-order valence-electron chi connectivity index (χ4n) is 3.88. The number of hydrogen-bond donors (Lipinski definition) is 1. The van der Waals surface area contributed by atoms with Gasteiger partial charge in [0.15, 0.2) is 0 Å². The molecule has 0 saturated carbocycles. The molecule has 27 heavy (non-hydrogen) atoms. The summed E-state index contributed by atoms with van der Waals surface area (Å²) in [6, 6.07) is 0. The maximum atomic E-state index is 13.0. The number of sulfonamides is 1. The van der Waals surface area contributed by atoms with Gasteiger partial charge in [-0.2, -0.15) is 9.40 Å². The lowest BCUT2D eigenvalue weighted by Crippen LogP contribution is -2.49. The average Bonchev–Trinajstić information content (AvgIpc) is 3.01. The minimum absolute atomic E-state index is 0.0271. The molecule has 1 aromatic heterocycles. The quantitative estimate of drug-likeness (QED) is 0.758. The van der Waals surface area contributed by atoms with Gasteiger partial charge in [-0.3, -0.25) is 14.3 Å². The molecule has 150 valence electrons. The number of amides is 2. The zero-order chi connectivity index (χ0) is 19.8. The number of piperidine rings is 2. The van der Waals surface area contributed by atoms with Crippen LogP contribution in [0.4, 0.5) is 0 Å². The molecule has 1 atom stereocenters. The second-order valence-electron chi connectivity index (χ2n) is 7.42. The van der Waals surface area contributed by atoms with Crippen LogP contribution in [0, 0.1) is 18.8 Å². The van der Waals surface area contributed by atoms with Crippen molar-refractivity contribution in [2.45, 2.75) is 37.5 Å². The van der Waals surface area contributed by atoms with Crippen LogP contribution in [-0.4, -0.2) is 65.4 Å². The summed E-state index contributed by atoms with van der Waals surface area (Å²) in [5, 5.41) is 4.02. The Morgan fingerprint density at radius 2 is 1.81 bits per heavy atom. The highest BCUT2D eigenvalue weighted by atomic mass is 32.2. The van der Waals surface area contributed by atoms with Crippen LogP contribution in [-0.2, 0) is 26.7 Å². The topological polar surface area (TPSA) is 119 Å². The Morgan fingerprint density at radius 3 is 2.37 bits per heavy atom. The maximum absolute atomic E-state index is 13.0. The van der Waals surface area contributed by atoms with E-state index >= 15 is 0 Å². The Balaban J connectivity index is 1.68. The third-order valence-electron chi connectivity index (χ3n) is 5.75. The van der Waals surface area contributed by atoms with E-state index in [1.165, 1.54) is 15.2 Å². The van der Waals surface area contributed by atoms with E-state index in [1.54, 1.807) is 18.9 Å². The van der Waals surface area contributed by atoms with Crippen LogP contribution in [0.15, 0.2) is 11.1 Å². The van der Waals surface area contributed by atoms with Crippen molar-refractivity contribution in [1.82, 2.24) is 19.0 Å². The number of hydrogen-bond acceptors (Lipinski definition) is 5. The Labute approximate surface area is 159 Å². The molecule has 1 unspecified atom stereocenters. The van der Waals surface area contributed by atoms with E-state index in [-0.39, 0.29) is 35.1 Å². The molecule has 0 radical (unpaired) electrons. The molecule has 9 nitrogen and oxygen atoms in total. The van der Waals surface area contributed by atoms with Crippen molar-refractivity contribution in [2.24, 2.45) is 24.6 Å². The zero-order valence-electron chi connectivity index (χ0n) is 15.8. The number of carbonyl (C=O) groups is 2. The summed E-state index contributed by atoms with van der Waals surface area (Å²) in [7, 11) is -1.97. The summed E-state index contributed by atoms with van der Waals surface area (Å²) in [4.78, 5) is 26.1. The molecule has 2 N–H and O–H groups in total. The van der Waals surface area contributed by atoms with Gasteiger partial charge in [-0.05, 0) is 32.6 Å². The Bertz CT molecular complexity index is 826. The third kappa shape index (κ3) is 3.86. The van der Waals surface area contributed by atoms with E-state index in [2.05, 4.69) is 5.10 Å². The first-order valence-electron chi connectivity index (χ1n) is 9.28. The van der Waals surface area contributed by atoms with Crippen molar-refractivity contribution >= 4 is 21.8 Å². The van der Waals surface area contributed by atoms with Gasteiger partial charge in [0.05, 0.1) is 17.8 Å². The lowest BCUT2D eigenvalue weighted by Gasteiger charge is -2.36. The van der Waals surface area contributed by atoms with Crippen LogP contribution in [0.5, 0.6) is 0 Å². The van der Waals surface area contributed by atoms with Crippen LogP contribution in [0.2, 0.25) is 0 Å². The normalized spacial score (nSPS) is 22.7. The summed E-state index contributed by atoms with van der Waals surface area (Å²) in [5.74, 6) is -0.869. The number of nitrogens with zero attached hydrogens (tertiary/aromatic N) is 4. The van der Waals surface area contributed by atoms with Crippen LogP contribution >= 0.6 is 0 Å². The van der Waals surface area contributed by atoms with Crippen molar-refractivity contribution < 1.29 is 18.0 Å². The summed E-state index contributed by atoms with van der Waals surface area (Å²) in [5.41, 5.74) is 5.92. The Kier molecular flexibility index (Phi) is 5.57. The van der Waals surface area contributed by atoms with Crippen molar-refractivity contribution in [3.05, 3.63) is 11.9 Å². The van der Waals surface area contributed by atoms with E-state index in [9.17, 15) is 18.0 Å². The summed E-state index contributed by atoms with van der Waals surface area (Å²) < 4.78 is 28.9. The molecule has 2 aliphatic heterocycles. The number of primary amides is 1. The van der Waals surface area contributed by atoms with Gasteiger partial charge in [0, 0.05) is 39.1 Å². The number of nitrogens with two attached hydrogens (primary N) is 1. The van der Waals surface area contributed by atoms with Crippen LogP contribution in [0.1, 0.15) is 31.4 Å². The highest BCUT2D eigenvalue weighted by Crippen LogP contribution is 2.27. The number of carbonyl (C=O) groups excluding carboxylic acids is 2. The third-order valence-corrected chi connectivity index (χ3v) is 7.72. The minimum Gasteiger partial charge on any atom is -0.369 e. The average molecular weight is 398 g/mol. The van der Waals surface area contributed by atoms with Gasteiger partial charge in [-0.1, -0.05) is 0 Å². The molecule has 0 aliphatic carbocycles. The smallest absolute Gasteiger partial charge is 0.246 e. The summed E-state index contributed by atoms with van der Waals surface area (Å²) in [6.45, 7) is 3.31. The van der Waals surface area contributed by atoms with Crippen molar-refractivity contribution in [3.8, 4) is 0 Å². The van der Waals surface area contributed by atoms with Crippen molar-refractivity contribution in [3.63, 3.8) is 0 Å². The molecule has 2 fully saturated rings. The molecular weight excluding hydrogens is 370 g/mol. The monoisotopic (exact) mass is 397 g/mol. The first-order chi connectivity index (χ1) is 12.7. The van der Waals surface area contributed by atoms with Gasteiger partial charge in [-0.15, -0.1) is 0 Å². The van der Waals surface area contributed by atoms with Gasteiger partial charge in [0.1, 0.15) is 4.90 Å². The van der Waals surface area contributed by atoms with Gasteiger partial charge in [0.25, 0.3) is 0 Å². The van der Waals surface area contributed by atoms with E-state index in [1.807, 2.05) is 0 Å². The number of likely N-dealkylation sites (tertiary alicyclic amines) is 1. The fraction of sp³-hybridized carbons (Fsp3) is 0.706. The van der Waals surface area contributed by atoms with Gasteiger partial charge in [-0.25, -0.2) is 8.42 Å². The first kappa shape index (κ1) is 19.8. The minimum atomic E-state index is -3.67. The predicted molar refractivity (Wildman–Crippen MR) is 97.9 cm³/mol. The molecular formula is C17H27N5O4S. The fourth-order valence-corrected chi connectivity index (χ4v) is 5.59. The molecule has 3 heterocycles. The lowest BCUT2D eigenvalue weighted by atomic mass is 9.93. The highest BCUT2D eigenvalue weighted by molar-refractivity contribution is 7.89. The molecule has 3 rings (SSSR count). The van der Waals surface area contributed by atoms with Crippen LogP contribution < -0.4 is 5.73 Å². The molecule has 10 heteroatoms. The Hall–Kier alpha value is -1.94. The molecule has 0 aromatic carbocycles. The second kappa shape index (κ2) is 7.59. The summed E-state index contributed by atoms with van der Waals surface area (Å²) in [6.07, 6.45) is 3.83. The molecule has 2 saturated heterocycles. The number of aryl methyl sites for hydroxylation is 1. The zero-order valence-corrected chi connectivity index (χ0v) is 16.6. The molecule has 2 amide bonds. The predicted octanol–water partition coefficient (Wildman–Crippen LogP) is -0.147. The van der Waals surface area contributed by atoms with Crippen molar-refractivity contribution in [2.75, 3.05) is 26.2 Å². The van der Waals surface area contributed by atoms with Crippen molar-refractivity contribution in [1.29, 1.82) is 0 Å². The molecule has 2 aliphatic rings. The Morgan fingerprint density at radius 1 is 1.15 bits per heavy atom. The summed E-state index contributed by atoms with van der Waals surface area (Å²) >= 11 is 0. The van der Waals surface area contributed by atoms with E-state index in [4.69, 9.17) is 5.73 Å². The van der Waals surface area contributed by atoms with Crippen LogP contribution in [0.25, 0.3) is 0 Å². The van der Waals surface area contributed by atoms with Gasteiger partial charge in [0.2, 0.25) is 21.8 Å². The number of rotatable bonds is 4. The second-order valence-corrected chi connectivity index (χ2v) is 9.33. The molecule has 0 bridgehead atoms. The SMILES string of the molecule is Cc1c(S(=O)(=O)N2CCCC(C(=O)N3CCC(C(N)=O)CC3)C2)cnn1C. The van der Waals surface area contributed by atoms with Gasteiger partial charge < -0.3 is 10.6 Å². The standard InChI is InChI=1S/C17H27N5O4S/c1-12-15(10-19-20(12)2)27(25,26)22-7-3-4-14(11-22)17(24)21-8-5-13(6-9-21)16(18)23/h10,13-14H,3-9,11H2,1-2H3,(H2,18,23). The maximum Gasteiger partial charge on any atom is 0.246 e. The lowest BCUT2D eigenvalue weighted by molar-refractivity contribution is -0.139. The molecule has 0 spiro atoms. The van der Waals surface area contributed by atoms with E-state index < -0.39 is 10.0 Å².